The predicted octanol–water partition coefficient (Wildman–Crippen LogP) is 4.84. The molecule has 0 aliphatic heterocycles. The van der Waals surface area contributed by atoms with E-state index < -0.39 is 16.4 Å². The standard InChI is InChI=1S/C19H13FN4O3S/c1-27-15-4-2-3-12(7-15)17-11-28-19(23-17)13(9-21)10-22-14-5-6-16(20)18(8-14)24(25)26/h2-8,10-11,22H,1H3. The number of nitrogens with one attached hydrogen (secondary N) is 1. The molecule has 3 rings (SSSR count). The molecule has 0 amide bonds. The van der Waals surface area contributed by atoms with Crippen molar-refractivity contribution in [3.8, 4) is 23.1 Å². The van der Waals surface area contributed by atoms with Crippen LogP contribution in [0, 0.1) is 27.3 Å². The molecule has 7 nitrogen and oxygen atoms in total. The van der Waals surface area contributed by atoms with E-state index in [1.165, 1.54) is 23.6 Å². The number of nitro benzene ring substituents is 1. The highest BCUT2D eigenvalue weighted by Gasteiger charge is 2.14. The van der Waals surface area contributed by atoms with E-state index in [0.29, 0.717) is 16.5 Å². The first-order valence-electron chi connectivity index (χ1n) is 7.93. The second-order valence-corrected chi connectivity index (χ2v) is 6.37. The number of allylic oxidation sites excluding steroid dienone is 1. The highest BCUT2D eigenvalue weighted by Crippen LogP contribution is 2.28. The molecule has 1 aromatic heterocycles. The summed E-state index contributed by atoms with van der Waals surface area (Å²) in [5, 5.41) is 25.3. The van der Waals surface area contributed by atoms with Crippen LogP contribution in [0.4, 0.5) is 15.8 Å². The van der Waals surface area contributed by atoms with E-state index in [2.05, 4.69) is 10.3 Å². The summed E-state index contributed by atoms with van der Waals surface area (Å²) >= 11 is 1.29. The zero-order valence-corrected chi connectivity index (χ0v) is 15.4. The van der Waals surface area contributed by atoms with Crippen LogP contribution in [0.1, 0.15) is 5.01 Å². The van der Waals surface area contributed by atoms with Gasteiger partial charge in [-0.1, -0.05) is 12.1 Å². The Bertz CT molecular complexity index is 1100. The minimum atomic E-state index is -0.928. The Balaban J connectivity index is 1.84. The molecule has 2 aromatic carbocycles. The summed E-state index contributed by atoms with van der Waals surface area (Å²) in [6, 6.07) is 12.8. The third kappa shape index (κ3) is 4.13. The van der Waals surface area contributed by atoms with Crippen LogP contribution >= 0.6 is 11.3 Å². The zero-order valence-electron chi connectivity index (χ0n) is 14.5. The highest BCUT2D eigenvalue weighted by molar-refractivity contribution is 7.11. The van der Waals surface area contributed by atoms with Gasteiger partial charge in [0.25, 0.3) is 0 Å². The van der Waals surface area contributed by atoms with Crippen LogP contribution in [-0.2, 0) is 0 Å². The lowest BCUT2D eigenvalue weighted by Gasteiger charge is -2.02. The predicted molar refractivity (Wildman–Crippen MR) is 104 cm³/mol. The van der Waals surface area contributed by atoms with Crippen LogP contribution < -0.4 is 10.1 Å². The summed E-state index contributed by atoms with van der Waals surface area (Å²) in [4.78, 5) is 14.5. The number of halogens is 1. The molecule has 1 heterocycles. The maximum atomic E-state index is 13.4. The van der Waals surface area contributed by atoms with E-state index in [1.807, 2.05) is 35.7 Å². The third-order valence-electron chi connectivity index (χ3n) is 3.75. The van der Waals surface area contributed by atoms with E-state index >= 15 is 0 Å². The second kappa shape index (κ2) is 8.28. The molecule has 0 saturated heterocycles. The molecule has 0 saturated carbocycles. The van der Waals surface area contributed by atoms with Crippen LogP contribution in [-0.4, -0.2) is 17.0 Å². The van der Waals surface area contributed by atoms with Crippen LogP contribution in [0.5, 0.6) is 5.75 Å². The lowest BCUT2D eigenvalue weighted by atomic mass is 10.1. The Morgan fingerprint density at radius 2 is 2.21 bits per heavy atom. The molecule has 0 aliphatic carbocycles. The fraction of sp³-hybridized carbons (Fsp3) is 0.0526. The number of hydrogen-bond acceptors (Lipinski definition) is 7. The average molecular weight is 396 g/mol. The lowest BCUT2D eigenvalue weighted by molar-refractivity contribution is -0.387. The number of hydrogen-bond donors (Lipinski definition) is 1. The van der Waals surface area contributed by atoms with Gasteiger partial charge in [0, 0.05) is 28.9 Å². The van der Waals surface area contributed by atoms with E-state index in [1.54, 1.807) is 7.11 Å². The summed E-state index contributed by atoms with van der Waals surface area (Å²) in [7, 11) is 1.58. The monoisotopic (exact) mass is 396 g/mol. The zero-order chi connectivity index (χ0) is 20.1. The van der Waals surface area contributed by atoms with Gasteiger partial charge in [-0.3, -0.25) is 10.1 Å². The largest absolute Gasteiger partial charge is 0.497 e. The molecule has 28 heavy (non-hydrogen) atoms. The van der Waals surface area contributed by atoms with Gasteiger partial charge in [0.15, 0.2) is 0 Å². The van der Waals surface area contributed by atoms with Crippen LogP contribution in [0.2, 0.25) is 0 Å². The summed E-state index contributed by atoms with van der Waals surface area (Å²) in [6.45, 7) is 0. The minimum absolute atomic E-state index is 0.242. The first-order valence-corrected chi connectivity index (χ1v) is 8.81. The Hall–Kier alpha value is -3.77. The van der Waals surface area contributed by atoms with Crippen molar-refractivity contribution in [1.82, 2.24) is 4.98 Å². The molecule has 0 bridgehead atoms. The molecule has 3 aromatic rings. The molecule has 1 N–H and O–H groups in total. The smallest absolute Gasteiger partial charge is 0.306 e. The van der Waals surface area contributed by atoms with Gasteiger partial charge in [-0.15, -0.1) is 11.3 Å². The van der Waals surface area contributed by atoms with Crippen LogP contribution in [0.3, 0.4) is 0 Å². The number of thiazole rings is 1. The number of nitrogens with zero attached hydrogens (tertiary/aromatic N) is 3. The normalized spacial score (nSPS) is 11.0. The molecule has 0 fully saturated rings. The molecular weight excluding hydrogens is 383 g/mol. The third-order valence-corrected chi connectivity index (χ3v) is 4.62. The summed E-state index contributed by atoms with van der Waals surface area (Å²) < 4.78 is 18.6. The molecule has 0 radical (unpaired) electrons. The van der Waals surface area contributed by atoms with E-state index in [-0.39, 0.29) is 11.3 Å². The number of rotatable bonds is 6. The van der Waals surface area contributed by atoms with Gasteiger partial charge >= 0.3 is 5.69 Å². The van der Waals surface area contributed by atoms with Gasteiger partial charge in [-0.05, 0) is 24.3 Å². The van der Waals surface area contributed by atoms with Gasteiger partial charge in [0.05, 0.1) is 17.7 Å². The minimum Gasteiger partial charge on any atom is -0.497 e. The maximum Gasteiger partial charge on any atom is 0.306 e. The van der Waals surface area contributed by atoms with E-state index in [0.717, 1.165) is 17.7 Å². The Kier molecular flexibility index (Phi) is 5.62. The van der Waals surface area contributed by atoms with Crippen molar-refractivity contribution in [2.24, 2.45) is 0 Å². The summed E-state index contributed by atoms with van der Waals surface area (Å²) in [5.41, 5.74) is 1.42. The first kappa shape index (κ1) is 19.0. The van der Waals surface area contributed by atoms with E-state index in [4.69, 9.17) is 4.74 Å². The fourth-order valence-electron chi connectivity index (χ4n) is 2.35. The average Bonchev–Trinajstić information content (AvgIpc) is 3.19. The van der Waals surface area contributed by atoms with Gasteiger partial charge in [0.1, 0.15) is 22.4 Å². The fourth-order valence-corrected chi connectivity index (χ4v) is 3.15. The first-order chi connectivity index (χ1) is 13.5. The Labute approximate surface area is 163 Å². The van der Waals surface area contributed by atoms with Gasteiger partial charge < -0.3 is 10.1 Å². The highest BCUT2D eigenvalue weighted by atomic mass is 32.1. The van der Waals surface area contributed by atoms with Crippen LogP contribution in [0.25, 0.3) is 16.8 Å². The Morgan fingerprint density at radius 1 is 1.39 bits per heavy atom. The number of benzene rings is 2. The number of methoxy groups -OCH3 is 1. The summed E-state index contributed by atoms with van der Waals surface area (Å²) in [5.74, 6) is -0.231. The molecule has 0 unspecified atom stereocenters. The molecule has 0 spiro atoms. The van der Waals surface area contributed by atoms with Crippen molar-refractivity contribution in [1.29, 1.82) is 5.26 Å². The SMILES string of the molecule is COc1cccc(-c2csc(C(C#N)=CNc3ccc(F)c([N+](=O)[O-])c3)n2)c1. The topological polar surface area (TPSA) is 101 Å². The quantitative estimate of drug-likeness (QED) is 0.363. The van der Waals surface area contributed by atoms with Gasteiger partial charge in [0.2, 0.25) is 5.82 Å². The van der Waals surface area contributed by atoms with E-state index in [9.17, 15) is 19.8 Å². The molecule has 0 aliphatic rings. The van der Waals surface area contributed by atoms with Crippen LogP contribution in [0.15, 0.2) is 54.0 Å². The Morgan fingerprint density at radius 3 is 2.93 bits per heavy atom. The lowest BCUT2D eigenvalue weighted by Crippen LogP contribution is -1.96. The van der Waals surface area contributed by atoms with Gasteiger partial charge in [-0.25, -0.2) is 4.98 Å². The number of ether oxygens (including phenoxy) is 1. The molecule has 9 heteroatoms. The number of nitro groups is 1. The van der Waals surface area contributed by atoms with Crippen molar-refractivity contribution in [2.75, 3.05) is 12.4 Å². The van der Waals surface area contributed by atoms with Crippen molar-refractivity contribution in [3.63, 3.8) is 0 Å². The molecule has 0 atom stereocenters. The van der Waals surface area contributed by atoms with Crippen molar-refractivity contribution >= 4 is 28.3 Å². The molecule has 140 valence electrons. The van der Waals surface area contributed by atoms with Crippen molar-refractivity contribution in [2.45, 2.75) is 0 Å². The second-order valence-electron chi connectivity index (χ2n) is 5.51. The van der Waals surface area contributed by atoms with Crippen molar-refractivity contribution < 1.29 is 14.1 Å². The summed E-state index contributed by atoms with van der Waals surface area (Å²) in [6.07, 6.45) is 1.38. The number of anilines is 1. The maximum absolute atomic E-state index is 13.4. The number of aromatic nitrogens is 1. The number of nitriles is 1. The van der Waals surface area contributed by atoms with Gasteiger partial charge in [-0.2, -0.15) is 9.65 Å². The van der Waals surface area contributed by atoms with Crippen molar-refractivity contribution in [3.05, 3.63) is 75.0 Å². The molecular formula is C19H13FN4O3S.